The molecule has 1 aromatic carbocycles. The Kier molecular flexibility index (Phi) is 9.90. The third-order valence-electron chi connectivity index (χ3n) is 5.50. The van der Waals surface area contributed by atoms with Crippen molar-refractivity contribution in [3.63, 3.8) is 0 Å². The molecule has 0 aliphatic carbocycles. The Morgan fingerprint density at radius 1 is 1.04 bits per heavy atom. The molecular formula is C19H32Cl2N4O. The summed E-state index contributed by atoms with van der Waals surface area (Å²) in [5, 5.41) is 0. The number of piperazine rings is 1. The Bertz CT molecular complexity index is 538. The molecule has 7 heteroatoms. The van der Waals surface area contributed by atoms with E-state index in [1.807, 2.05) is 23.1 Å². The van der Waals surface area contributed by atoms with E-state index >= 15 is 0 Å². The summed E-state index contributed by atoms with van der Waals surface area (Å²) in [4.78, 5) is 19.4. The van der Waals surface area contributed by atoms with Crippen molar-refractivity contribution in [2.24, 2.45) is 5.73 Å². The van der Waals surface area contributed by atoms with Gasteiger partial charge in [-0.3, -0.25) is 4.79 Å². The van der Waals surface area contributed by atoms with Crippen molar-refractivity contribution >= 4 is 30.7 Å². The maximum atomic E-state index is 12.6. The summed E-state index contributed by atoms with van der Waals surface area (Å²) in [6.45, 7) is 10.0. The number of likely N-dealkylation sites (N-methyl/N-ethyl adjacent to an activating group) is 1. The molecule has 0 spiro atoms. The van der Waals surface area contributed by atoms with E-state index in [1.54, 1.807) is 0 Å². The average molecular weight is 403 g/mol. The minimum Gasteiger partial charge on any atom is -0.340 e. The molecule has 3 rings (SSSR count). The zero-order chi connectivity index (χ0) is 16.9. The highest BCUT2D eigenvalue weighted by Crippen LogP contribution is 2.26. The van der Waals surface area contributed by atoms with Gasteiger partial charge in [-0.1, -0.05) is 37.3 Å². The molecule has 2 aliphatic rings. The number of hydrogen-bond acceptors (Lipinski definition) is 4. The van der Waals surface area contributed by atoms with E-state index in [-0.39, 0.29) is 42.7 Å². The fraction of sp³-hybridized carbons (Fsp3) is 0.632. The zero-order valence-corrected chi connectivity index (χ0v) is 17.2. The molecule has 2 saturated heterocycles. The third kappa shape index (κ3) is 5.83. The molecular weight excluding hydrogens is 371 g/mol. The summed E-state index contributed by atoms with van der Waals surface area (Å²) in [7, 11) is 0. The lowest BCUT2D eigenvalue weighted by molar-refractivity contribution is -0.130. The monoisotopic (exact) mass is 402 g/mol. The first-order valence-electron chi connectivity index (χ1n) is 9.20. The first kappa shape index (κ1) is 23.2. The number of amides is 1. The molecule has 2 aliphatic heterocycles. The number of likely N-dealkylation sites (tertiary alicyclic amines) is 1. The molecule has 2 N–H and O–H groups in total. The van der Waals surface area contributed by atoms with Gasteiger partial charge in [-0.2, -0.15) is 0 Å². The van der Waals surface area contributed by atoms with Crippen LogP contribution in [0.25, 0.3) is 0 Å². The number of carbonyl (C=O) groups excluding carboxylic acids is 1. The van der Waals surface area contributed by atoms with Crippen molar-refractivity contribution in [2.75, 3.05) is 52.4 Å². The van der Waals surface area contributed by atoms with Crippen LogP contribution in [0.4, 0.5) is 0 Å². The van der Waals surface area contributed by atoms with Gasteiger partial charge in [0, 0.05) is 64.2 Å². The van der Waals surface area contributed by atoms with Crippen LogP contribution < -0.4 is 5.73 Å². The van der Waals surface area contributed by atoms with Gasteiger partial charge in [-0.25, -0.2) is 0 Å². The second kappa shape index (κ2) is 11.1. The molecule has 0 bridgehead atoms. The normalized spacial score (nSPS) is 24.0. The number of carbonyl (C=O) groups is 1. The second-order valence-electron chi connectivity index (χ2n) is 7.01. The minimum absolute atomic E-state index is 0. The van der Waals surface area contributed by atoms with Crippen LogP contribution in [0.5, 0.6) is 0 Å². The topological polar surface area (TPSA) is 52.8 Å². The van der Waals surface area contributed by atoms with Gasteiger partial charge in [0.25, 0.3) is 0 Å². The molecule has 0 saturated carbocycles. The van der Waals surface area contributed by atoms with Crippen LogP contribution in [0.1, 0.15) is 24.8 Å². The Labute approximate surface area is 169 Å². The summed E-state index contributed by atoms with van der Waals surface area (Å²) in [6.07, 6.45) is 0.611. The van der Waals surface area contributed by atoms with Crippen LogP contribution in [0, 0.1) is 0 Å². The highest BCUT2D eigenvalue weighted by molar-refractivity contribution is 5.85. The van der Waals surface area contributed by atoms with Gasteiger partial charge in [0.1, 0.15) is 0 Å². The summed E-state index contributed by atoms with van der Waals surface area (Å²) < 4.78 is 0. The smallest absolute Gasteiger partial charge is 0.223 e. The van der Waals surface area contributed by atoms with Crippen molar-refractivity contribution in [1.29, 1.82) is 0 Å². The third-order valence-corrected chi connectivity index (χ3v) is 5.50. The van der Waals surface area contributed by atoms with Crippen molar-refractivity contribution in [3.05, 3.63) is 35.9 Å². The summed E-state index contributed by atoms with van der Waals surface area (Å²) >= 11 is 0. The van der Waals surface area contributed by atoms with Gasteiger partial charge >= 0.3 is 0 Å². The minimum atomic E-state index is 0. The van der Waals surface area contributed by atoms with E-state index in [0.29, 0.717) is 13.0 Å². The lowest BCUT2D eigenvalue weighted by atomic mass is 9.95. The highest BCUT2D eigenvalue weighted by atomic mass is 35.5. The number of nitrogens with two attached hydrogens (primary N) is 1. The van der Waals surface area contributed by atoms with Gasteiger partial charge in [0.05, 0.1) is 0 Å². The van der Waals surface area contributed by atoms with E-state index in [0.717, 1.165) is 45.8 Å². The lowest BCUT2D eigenvalue weighted by Gasteiger charge is -2.34. The predicted molar refractivity (Wildman–Crippen MR) is 111 cm³/mol. The molecule has 0 aromatic heterocycles. The van der Waals surface area contributed by atoms with Crippen LogP contribution in [0.15, 0.2) is 30.3 Å². The summed E-state index contributed by atoms with van der Waals surface area (Å²) in [5.41, 5.74) is 7.55. The predicted octanol–water partition coefficient (Wildman–Crippen LogP) is 1.81. The largest absolute Gasteiger partial charge is 0.340 e. The summed E-state index contributed by atoms with van der Waals surface area (Å²) in [6, 6.07) is 10.4. The standard InChI is InChI=1S/C19H30N4O.2ClH/c1-2-21-10-12-22(13-11-21)9-8-19(24)23-14-17(18(20)15-23)16-6-4-3-5-7-16;;/h3-7,17-18H,2,8-15,20H2,1H3;2*1H/t17-,18+;;/m0../s1. The Balaban J connectivity index is 0.00000169. The molecule has 1 amide bonds. The van der Waals surface area contributed by atoms with Crippen molar-refractivity contribution in [3.8, 4) is 0 Å². The first-order valence-corrected chi connectivity index (χ1v) is 9.20. The Hall–Kier alpha value is -0.850. The number of hydrogen-bond donors (Lipinski definition) is 1. The fourth-order valence-corrected chi connectivity index (χ4v) is 3.83. The van der Waals surface area contributed by atoms with Gasteiger partial charge in [0.15, 0.2) is 0 Å². The summed E-state index contributed by atoms with van der Waals surface area (Å²) in [5.74, 6) is 0.519. The van der Waals surface area contributed by atoms with E-state index in [9.17, 15) is 4.79 Å². The quantitative estimate of drug-likeness (QED) is 0.815. The van der Waals surface area contributed by atoms with E-state index in [1.165, 1.54) is 5.56 Å². The molecule has 5 nitrogen and oxygen atoms in total. The maximum absolute atomic E-state index is 12.6. The fourth-order valence-electron chi connectivity index (χ4n) is 3.83. The van der Waals surface area contributed by atoms with Crippen LogP contribution in [-0.2, 0) is 4.79 Å². The lowest BCUT2D eigenvalue weighted by Crippen LogP contribution is -2.47. The van der Waals surface area contributed by atoms with Gasteiger partial charge < -0.3 is 20.4 Å². The van der Waals surface area contributed by atoms with Crippen molar-refractivity contribution < 1.29 is 4.79 Å². The molecule has 2 heterocycles. The van der Waals surface area contributed by atoms with E-state index in [2.05, 4.69) is 28.9 Å². The first-order chi connectivity index (χ1) is 11.7. The molecule has 1 aromatic rings. The Morgan fingerprint density at radius 3 is 2.27 bits per heavy atom. The average Bonchev–Trinajstić information content (AvgIpc) is 3.02. The van der Waals surface area contributed by atoms with Crippen LogP contribution in [0.3, 0.4) is 0 Å². The zero-order valence-electron chi connectivity index (χ0n) is 15.5. The molecule has 0 radical (unpaired) electrons. The van der Waals surface area contributed by atoms with Gasteiger partial charge in [0.2, 0.25) is 5.91 Å². The van der Waals surface area contributed by atoms with Gasteiger partial charge in [-0.15, -0.1) is 24.8 Å². The van der Waals surface area contributed by atoms with E-state index < -0.39 is 0 Å². The SMILES string of the molecule is CCN1CCN(CCC(=O)N2C[C@@H](N)[C@H](c3ccccc3)C2)CC1.Cl.Cl. The second-order valence-corrected chi connectivity index (χ2v) is 7.01. The number of benzene rings is 1. The molecule has 2 fully saturated rings. The molecule has 26 heavy (non-hydrogen) atoms. The van der Waals surface area contributed by atoms with Crippen LogP contribution in [-0.4, -0.2) is 79.0 Å². The Morgan fingerprint density at radius 2 is 1.65 bits per heavy atom. The maximum Gasteiger partial charge on any atom is 0.223 e. The van der Waals surface area contributed by atoms with Crippen molar-refractivity contribution in [2.45, 2.75) is 25.3 Å². The molecule has 0 unspecified atom stereocenters. The van der Waals surface area contributed by atoms with E-state index in [4.69, 9.17) is 5.73 Å². The van der Waals surface area contributed by atoms with Crippen molar-refractivity contribution in [1.82, 2.24) is 14.7 Å². The number of nitrogens with zero attached hydrogens (tertiary/aromatic N) is 3. The molecule has 148 valence electrons. The highest BCUT2D eigenvalue weighted by Gasteiger charge is 2.33. The van der Waals surface area contributed by atoms with Crippen LogP contribution in [0.2, 0.25) is 0 Å². The van der Waals surface area contributed by atoms with Gasteiger partial charge in [-0.05, 0) is 12.1 Å². The molecule has 2 atom stereocenters. The number of rotatable bonds is 5. The van der Waals surface area contributed by atoms with Crippen LogP contribution >= 0.6 is 24.8 Å². The number of halogens is 2.